The zero-order valence-electron chi connectivity index (χ0n) is 20.4. The van der Waals surface area contributed by atoms with Gasteiger partial charge in [0.25, 0.3) is 0 Å². The quantitative estimate of drug-likeness (QED) is 0.184. The van der Waals surface area contributed by atoms with E-state index in [0.717, 1.165) is 35.7 Å². The van der Waals surface area contributed by atoms with Crippen LogP contribution in [0.25, 0.3) is 10.9 Å². The lowest BCUT2D eigenvalue weighted by molar-refractivity contribution is -0.142. The first-order valence-corrected chi connectivity index (χ1v) is 13.6. The summed E-state index contributed by atoms with van der Waals surface area (Å²) in [5, 5.41) is 16.4. The summed E-state index contributed by atoms with van der Waals surface area (Å²) in [6, 6.07) is 16.0. The third kappa shape index (κ3) is 8.30. The van der Waals surface area contributed by atoms with Gasteiger partial charge in [-0.1, -0.05) is 72.0 Å². The maximum absolute atomic E-state index is 13.1. The van der Waals surface area contributed by atoms with E-state index in [2.05, 4.69) is 27.5 Å². The van der Waals surface area contributed by atoms with Gasteiger partial charge in [0.2, 0.25) is 5.91 Å². The molecule has 0 aliphatic rings. The van der Waals surface area contributed by atoms with Crippen molar-refractivity contribution in [3.8, 4) is 0 Å². The normalized spacial score (nSPS) is 13.5. The Morgan fingerprint density at radius 2 is 1.71 bits per heavy atom. The molecular weight excluding hydrogens is 461 g/mol. The van der Waals surface area contributed by atoms with Crippen molar-refractivity contribution in [2.45, 2.75) is 58.0 Å². The summed E-state index contributed by atoms with van der Waals surface area (Å²) in [6.45, 7) is 3.96. The van der Waals surface area contributed by atoms with Crippen molar-refractivity contribution in [3.63, 3.8) is 0 Å². The van der Waals surface area contributed by atoms with Gasteiger partial charge in [-0.2, -0.15) is 0 Å². The summed E-state index contributed by atoms with van der Waals surface area (Å²) in [6.07, 6.45) is 5.51. The van der Waals surface area contributed by atoms with E-state index in [1.165, 1.54) is 5.56 Å². The van der Waals surface area contributed by atoms with E-state index in [0.29, 0.717) is 12.6 Å². The van der Waals surface area contributed by atoms with Crippen LogP contribution < -0.4 is 10.4 Å². The molecule has 3 aromatic rings. The Morgan fingerprint density at radius 1 is 1.00 bits per heavy atom. The first-order chi connectivity index (χ1) is 16.8. The van der Waals surface area contributed by atoms with Gasteiger partial charge in [0.05, 0.1) is 0 Å². The van der Waals surface area contributed by atoms with Gasteiger partial charge < -0.3 is 15.4 Å². The Balaban J connectivity index is 1.56. The van der Waals surface area contributed by atoms with Gasteiger partial charge in [-0.15, -0.1) is 0 Å². The first kappa shape index (κ1) is 26.6. The molecule has 1 unspecified atom stereocenters. The molecule has 3 atom stereocenters. The predicted molar refractivity (Wildman–Crippen MR) is 140 cm³/mol. The second kappa shape index (κ2) is 13.2. The number of carbonyl (C=O) groups excluding carboxylic acids is 1. The number of carboxylic acids is 1. The van der Waals surface area contributed by atoms with Crippen LogP contribution in [0.4, 0.5) is 0 Å². The van der Waals surface area contributed by atoms with Gasteiger partial charge in [0.1, 0.15) is 12.1 Å². The number of H-pyrrole nitrogens is 1. The summed E-state index contributed by atoms with van der Waals surface area (Å²) < 4.78 is 12.7. The number of benzene rings is 2. The largest absolute Gasteiger partial charge is 0.480 e. The molecule has 2 aromatic carbocycles. The van der Waals surface area contributed by atoms with Gasteiger partial charge in [-0.25, -0.2) is 4.79 Å². The van der Waals surface area contributed by atoms with Crippen molar-refractivity contribution in [2.75, 3.05) is 6.16 Å². The highest BCUT2D eigenvalue weighted by atomic mass is 31.1. The minimum atomic E-state index is -1.78. The second-order valence-electron chi connectivity index (χ2n) is 9.32. The second-order valence-corrected chi connectivity index (χ2v) is 10.8. The van der Waals surface area contributed by atoms with Gasteiger partial charge in [-0.05, 0) is 48.8 Å². The number of aryl methyl sites for hydroxylation is 1. The fraction of sp³-hybridized carbons (Fsp3) is 0.407. The molecule has 0 aliphatic heterocycles. The van der Waals surface area contributed by atoms with Crippen LogP contribution in [0.15, 0.2) is 60.8 Å². The van der Waals surface area contributed by atoms with Crippen LogP contribution in [0, 0.1) is 5.92 Å². The maximum atomic E-state index is 13.1. The topological polar surface area (TPSA) is 111 Å². The van der Waals surface area contributed by atoms with Crippen LogP contribution >= 0.6 is 7.95 Å². The molecule has 0 spiro atoms. The number of unbranched alkanes of at least 4 members (excludes halogenated alkanes) is 1. The number of amides is 1. The highest BCUT2D eigenvalue weighted by Crippen LogP contribution is 2.22. The number of nitrogens with one attached hydrogen (secondary N) is 3. The van der Waals surface area contributed by atoms with E-state index in [4.69, 9.17) is 0 Å². The molecule has 35 heavy (non-hydrogen) atoms. The molecule has 0 bridgehead atoms. The number of carbonyl (C=O) groups is 2. The third-order valence-electron chi connectivity index (χ3n) is 5.96. The maximum Gasteiger partial charge on any atom is 0.432 e. The fourth-order valence-electron chi connectivity index (χ4n) is 4.15. The fourth-order valence-corrected chi connectivity index (χ4v) is 5.36. The molecule has 4 N–H and O–H groups in total. The Kier molecular flexibility index (Phi) is 10.0. The average molecular weight is 497 g/mol. The molecule has 0 fully saturated rings. The Bertz CT molecular complexity index is 1130. The summed E-state index contributed by atoms with van der Waals surface area (Å²) in [5.74, 6) is -1.35. The van der Waals surface area contributed by atoms with Crippen molar-refractivity contribution < 1.29 is 19.3 Å². The number of hydrogen-bond donors (Lipinski definition) is 4. The molecule has 1 heterocycles. The lowest BCUT2D eigenvalue weighted by Crippen LogP contribution is -2.50. The number of rotatable bonds is 14. The van der Waals surface area contributed by atoms with Crippen molar-refractivity contribution in [1.82, 2.24) is 15.4 Å². The van der Waals surface area contributed by atoms with Crippen LogP contribution in [0.5, 0.6) is 0 Å². The van der Waals surface area contributed by atoms with Gasteiger partial charge in [-0.3, -0.25) is 4.79 Å². The van der Waals surface area contributed by atoms with Crippen molar-refractivity contribution in [2.24, 2.45) is 5.92 Å². The average Bonchev–Trinajstić information content (AvgIpc) is 3.24. The minimum absolute atomic E-state index is 0.158. The lowest BCUT2D eigenvalue weighted by Gasteiger charge is -2.19. The highest BCUT2D eigenvalue weighted by Gasteiger charge is 2.31. The van der Waals surface area contributed by atoms with Crippen molar-refractivity contribution in [1.29, 1.82) is 0 Å². The molecule has 1 amide bonds. The number of hydrogen-bond acceptors (Lipinski definition) is 3. The van der Waals surface area contributed by atoms with Crippen LogP contribution in [0.2, 0.25) is 0 Å². The Hall–Kier alpha value is -3.02. The molecular formula is C27H35N3O4P+. The lowest BCUT2D eigenvalue weighted by atomic mass is 10.0. The standard InChI is InChI=1S/C27H34N3O4P/c1-19(2)16-24(30-35(34)15-9-8-12-20-10-4-3-5-11-20)26(31)29-25(27(32)33)17-21-18-28-23-14-7-6-13-22(21)23/h3-7,10-11,13-14,18-19,24-25,28H,8-9,12,15-17H2,1-2H3,(H2-,29,30,31,32,33,34)/p+1/t24-,25-/m0/s1. The van der Waals surface area contributed by atoms with Crippen LogP contribution in [0.3, 0.4) is 0 Å². The van der Waals surface area contributed by atoms with Crippen LogP contribution in [-0.2, 0) is 27.0 Å². The Morgan fingerprint density at radius 3 is 2.43 bits per heavy atom. The summed E-state index contributed by atoms with van der Waals surface area (Å²) in [7, 11) is -1.78. The van der Waals surface area contributed by atoms with Gasteiger partial charge >= 0.3 is 13.9 Å². The molecule has 0 aliphatic carbocycles. The van der Waals surface area contributed by atoms with E-state index in [1.807, 2.05) is 56.3 Å². The number of para-hydroxylation sites is 1. The van der Waals surface area contributed by atoms with E-state index in [1.54, 1.807) is 6.20 Å². The third-order valence-corrected chi connectivity index (χ3v) is 7.28. The zero-order valence-corrected chi connectivity index (χ0v) is 21.3. The monoisotopic (exact) mass is 496 g/mol. The first-order valence-electron chi connectivity index (χ1n) is 12.2. The van der Waals surface area contributed by atoms with E-state index < -0.39 is 31.9 Å². The predicted octanol–water partition coefficient (Wildman–Crippen LogP) is 5.05. The van der Waals surface area contributed by atoms with E-state index in [9.17, 15) is 19.3 Å². The van der Waals surface area contributed by atoms with Crippen molar-refractivity contribution >= 4 is 30.7 Å². The molecule has 8 heteroatoms. The molecule has 3 rings (SSSR count). The van der Waals surface area contributed by atoms with Crippen LogP contribution in [-0.4, -0.2) is 40.2 Å². The minimum Gasteiger partial charge on any atom is -0.480 e. The van der Waals surface area contributed by atoms with E-state index >= 15 is 0 Å². The molecule has 0 radical (unpaired) electrons. The number of aliphatic carboxylic acids is 1. The molecule has 0 saturated carbocycles. The number of aromatic nitrogens is 1. The molecule has 7 nitrogen and oxygen atoms in total. The summed E-state index contributed by atoms with van der Waals surface area (Å²) >= 11 is 0. The molecule has 186 valence electrons. The number of aromatic amines is 1. The number of carboxylic acid groups (broad SMARTS) is 1. The van der Waals surface area contributed by atoms with E-state index in [-0.39, 0.29) is 12.3 Å². The van der Waals surface area contributed by atoms with Crippen LogP contribution in [0.1, 0.15) is 44.2 Å². The van der Waals surface area contributed by atoms with Gasteiger partial charge in [0, 0.05) is 23.5 Å². The SMILES string of the molecule is CC(C)C[C@H](N[P+](=O)CCCCc1ccccc1)C(=O)N[C@@H](Cc1c[nH]c2ccccc12)C(=O)O. The smallest absolute Gasteiger partial charge is 0.432 e. The van der Waals surface area contributed by atoms with Gasteiger partial charge in [0.15, 0.2) is 6.16 Å². The number of fused-ring (bicyclic) bond motifs is 1. The molecule has 1 aromatic heterocycles. The van der Waals surface area contributed by atoms with Crippen molar-refractivity contribution in [3.05, 3.63) is 71.9 Å². The Labute approximate surface area is 207 Å². The summed E-state index contributed by atoms with van der Waals surface area (Å²) in [4.78, 5) is 28.2. The highest BCUT2D eigenvalue weighted by molar-refractivity contribution is 7.42. The summed E-state index contributed by atoms with van der Waals surface area (Å²) in [5.41, 5.74) is 3.00. The zero-order chi connectivity index (χ0) is 25.2. The molecule has 0 saturated heterocycles.